The first-order valence-corrected chi connectivity index (χ1v) is 11.3. The van der Waals surface area contributed by atoms with Gasteiger partial charge in [0.25, 0.3) is 0 Å². The summed E-state index contributed by atoms with van der Waals surface area (Å²) in [6.45, 7) is 5.78. The summed E-state index contributed by atoms with van der Waals surface area (Å²) >= 11 is 0. The van der Waals surface area contributed by atoms with Crippen LogP contribution in [0.5, 0.6) is 5.88 Å². The zero-order chi connectivity index (χ0) is 21.3. The van der Waals surface area contributed by atoms with E-state index in [1.165, 1.54) is 12.1 Å². The Morgan fingerprint density at radius 1 is 1.17 bits per heavy atom. The molecule has 0 saturated carbocycles. The first kappa shape index (κ1) is 26.3. The number of sulfonamides is 1. The molecule has 2 rings (SSSR count). The van der Waals surface area contributed by atoms with E-state index < -0.39 is 15.8 Å². The Morgan fingerprint density at radius 2 is 1.87 bits per heavy atom. The molecule has 0 aliphatic heterocycles. The number of ether oxygens (including phenoxy) is 2. The maximum absolute atomic E-state index is 13.0. The van der Waals surface area contributed by atoms with Crippen LogP contribution in [0.1, 0.15) is 31.0 Å². The number of benzene rings is 1. The first-order valence-electron chi connectivity index (χ1n) is 9.39. The summed E-state index contributed by atoms with van der Waals surface area (Å²) in [5.41, 5.74) is 1.94. The van der Waals surface area contributed by atoms with E-state index in [0.29, 0.717) is 32.2 Å². The molecule has 0 aliphatic carbocycles. The van der Waals surface area contributed by atoms with Gasteiger partial charge in [0.1, 0.15) is 11.9 Å². The Balaban J connectivity index is 0.00000450. The third-order valence-electron chi connectivity index (χ3n) is 4.07. The zero-order valence-corrected chi connectivity index (χ0v) is 18.9. The van der Waals surface area contributed by atoms with Crippen molar-refractivity contribution < 1.29 is 22.3 Å². The molecule has 7 nitrogen and oxygen atoms in total. The number of aromatic nitrogens is 1. The molecule has 2 N–H and O–H groups in total. The van der Waals surface area contributed by atoms with E-state index in [2.05, 4.69) is 15.0 Å². The van der Waals surface area contributed by atoms with Gasteiger partial charge >= 0.3 is 0 Å². The average Bonchev–Trinajstić information content (AvgIpc) is 2.67. The van der Waals surface area contributed by atoms with Crippen LogP contribution in [0.25, 0.3) is 0 Å². The average molecular weight is 462 g/mol. The van der Waals surface area contributed by atoms with Crippen LogP contribution in [0.3, 0.4) is 0 Å². The zero-order valence-electron chi connectivity index (χ0n) is 17.3. The van der Waals surface area contributed by atoms with Gasteiger partial charge in [-0.15, -0.1) is 12.4 Å². The highest BCUT2D eigenvalue weighted by Crippen LogP contribution is 2.14. The quantitative estimate of drug-likeness (QED) is 0.505. The highest BCUT2D eigenvalue weighted by Gasteiger charge is 2.13. The van der Waals surface area contributed by atoms with Gasteiger partial charge < -0.3 is 14.8 Å². The van der Waals surface area contributed by atoms with Gasteiger partial charge in [-0.25, -0.2) is 22.5 Å². The summed E-state index contributed by atoms with van der Waals surface area (Å²) in [4.78, 5) is 3.91. The van der Waals surface area contributed by atoms with Gasteiger partial charge in [-0.2, -0.15) is 0 Å². The van der Waals surface area contributed by atoms with E-state index in [4.69, 9.17) is 9.47 Å². The molecule has 2 unspecified atom stereocenters. The molecule has 0 bridgehead atoms. The molecule has 10 heteroatoms. The van der Waals surface area contributed by atoms with Crippen LogP contribution in [0.2, 0.25) is 0 Å². The van der Waals surface area contributed by atoms with Crippen LogP contribution < -0.4 is 14.8 Å². The summed E-state index contributed by atoms with van der Waals surface area (Å²) in [6.07, 6.45) is 1.98. The van der Waals surface area contributed by atoms with Crippen LogP contribution in [0, 0.1) is 5.82 Å². The number of pyridine rings is 1. The fourth-order valence-corrected chi connectivity index (χ4v) is 3.46. The molecule has 0 aliphatic rings. The predicted octanol–water partition coefficient (Wildman–Crippen LogP) is 2.83. The highest BCUT2D eigenvalue weighted by molar-refractivity contribution is 7.88. The van der Waals surface area contributed by atoms with Gasteiger partial charge in [0, 0.05) is 31.8 Å². The van der Waals surface area contributed by atoms with Gasteiger partial charge in [-0.3, -0.25) is 0 Å². The fraction of sp³-hybridized carbons (Fsp3) is 0.450. The lowest BCUT2D eigenvalue weighted by Gasteiger charge is -2.19. The Labute approximate surface area is 183 Å². The number of rotatable bonds is 12. The normalized spacial score (nSPS) is 13.3. The van der Waals surface area contributed by atoms with Crippen LogP contribution >= 0.6 is 12.4 Å². The third kappa shape index (κ3) is 9.82. The molecule has 0 spiro atoms. The van der Waals surface area contributed by atoms with Crippen LogP contribution in [0.4, 0.5) is 4.39 Å². The fourth-order valence-electron chi connectivity index (χ4n) is 2.68. The Bertz CT molecular complexity index is 851. The van der Waals surface area contributed by atoms with Gasteiger partial charge in [0.15, 0.2) is 0 Å². The van der Waals surface area contributed by atoms with Crippen molar-refractivity contribution in [3.63, 3.8) is 0 Å². The smallest absolute Gasteiger partial charge is 0.213 e. The van der Waals surface area contributed by atoms with Gasteiger partial charge in [-0.05, 0) is 31.0 Å². The van der Waals surface area contributed by atoms with Crippen molar-refractivity contribution in [1.82, 2.24) is 15.0 Å². The maximum Gasteiger partial charge on any atom is 0.213 e. The van der Waals surface area contributed by atoms with E-state index in [9.17, 15) is 12.8 Å². The number of halogens is 2. The highest BCUT2D eigenvalue weighted by atomic mass is 35.5. The van der Waals surface area contributed by atoms with Crippen molar-refractivity contribution in [2.75, 3.05) is 26.0 Å². The van der Waals surface area contributed by atoms with Gasteiger partial charge in [-0.1, -0.05) is 24.3 Å². The molecule has 2 atom stereocenters. The lowest BCUT2D eigenvalue weighted by Crippen LogP contribution is -2.35. The molecular weight excluding hydrogens is 433 g/mol. The Hall–Kier alpha value is -1.78. The number of nitrogens with one attached hydrogen (secondary N) is 2. The molecule has 1 aromatic carbocycles. The number of hydrogen-bond acceptors (Lipinski definition) is 6. The summed E-state index contributed by atoms with van der Waals surface area (Å²) in [7, 11) is -3.26. The molecular formula is C20H29ClFN3O4S. The van der Waals surface area contributed by atoms with Crippen molar-refractivity contribution in [3.8, 4) is 5.88 Å². The van der Waals surface area contributed by atoms with Crippen LogP contribution in [0.15, 0.2) is 42.6 Å². The molecule has 0 saturated heterocycles. The summed E-state index contributed by atoms with van der Waals surface area (Å²) in [6, 6.07) is 10.2. The van der Waals surface area contributed by atoms with E-state index in [0.717, 1.165) is 23.6 Å². The van der Waals surface area contributed by atoms with Crippen molar-refractivity contribution in [2.24, 2.45) is 0 Å². The van der Waals surface area contributed by atoms with Crippen molar-refractivity contribution in [3.05, 3.63) is 59.5 Å². The van der Waals surface area contributed by atoms with Crippen molar-refractivity contribution >= 4 is 22.4 Å². The maximum atomic E-state index is 13.0. The second kappa shape index (κ2) is 12.8. The minimum Gasteiger partial charge on any atom is -0.471 e. The third-order valence-corrected chi connectivity index (χ3v) is 4.85. The molecule has 0 amide bonds. The Morgan fingerprint density at radius 3 is 2.43 bits per heavy atom. The summed E-state index contributed by atoms with van der Waals surface area (Å²) in [5.74, 6) is -0.0732. The molecule has 30 heavy (non-hydrogen) atoms. The van der Waals surface area contributed by atoms with Crippen molar-refractivity contribution in [2.45, 2.75) is 32.5 Å². The second-order valence-electron chi connectivity index (χ2n) is 6.70. The minimum atomic E-state index is -3.26. The minimum absolute atomic E-state index is 0. The predicted molar refractivity (Wildman–Crippen MR) is 117 cm³/mol. The Kier molecular flexibility index (Phi) is 11.2. The van der Waals surface area contributed by atoms with E-state index in [1.807, 2.05) is 31.2 Å². The molecule has 1 heterocycles. The standard InChI is InChI=1S/C20H28FN3O4S.ClH/c1-4-27-14-19(28-20-10-9-18(21)12-23-20)13-22-11-16-5-7-17(8-6-16)15(2)24-29(3,25)26;/h5-10,12,15,19,22,24H,4,11,13-14H2,1-3H3;1H. The van der Waals surface area contributed by atoms with Gasteiger partial charge in [0.2, 0.25) is 15.9 Å². The van der Waals surface area contributed by atoms with E-state index in [1.54, 1.807) is 6.92 Å². The molecule has 1 aromatic heterocycles. The van der Waals surface area contributed by atoms with Crippen molar-refractivity contribution in [1.29, 1.82) is 0 Å². The second-order valence-corrected chi connectivity index (χ2v) is 8.48. The van der Waals surface area contributed by atoms with Gasteiger partial charge in [0.05, 0.1) is 19.1 Å². The summed E-state index contributed by atoms with van der Waals surface area (Å²) < 4.78 is 49.5. The monoisotopic (exact) mass is 461 g/mol. The van der Waals surface area contributed by atoms with Crippen LogP contribution in [-0.2, 0) is 21.3 Å². The van der Waals surface area contributed by atoms with E-state index >= 15 is 0 Å². The lowest BCUT2D eigenvalue weighted by molar-refractivity contribution is 0.0539. The topological polar surface area (TPSA) is 89.6 Å². The van der Waals surface area contributed by atoms with Crippen LogP contribution in [-0.4, -0.2) is 45.5 Å². The number of hydrogen-bond donors (Lipinski definition) is 2. The number of nitrogens with zero attached hydrogens (tertiary/aromatic N) is 1. The molecule has 2 aromatic rings. The largest absolute Gasteiger partial charge is 0.471 e. The molecule has 0 fully saturated rings. The molecule has 168 valence electrons. The SMILES string of the molecule is CCOCC(CNCc1ccc(C(C)NS(C)(=O)=O)cc1)Oc1ccc(F)cn1.Cl. The summed E-state index contributed by atoms with van der Waals surface area (Å²) in [5, 5.41) is 3.31. The molecule has 0 radical (unpaired) electrons. The lowest BCUT2D eigenvalue weighted by atomic mass is 10.1. The van der Waals surface area contributed by atoms with E-state index in [-0.39, 0.29) is 24.6 Å². The first-order chi connectivity index (χ1) is 13.8.